The number of hydrogen-bond donors (Lipinski definition) is 1. The Morgan fingerprint density at radius 3 is 2.73 bits per heavy atom. The van der Waals surface area contributed by atoms with E-state index in [9.17, 15) is 13.2 Å². The van der Waals surface area contributed by atoms with Gasteiger partial charge in [0.05, 0.1) is 11.4 Å². The van der Waals surface area contributed by atoms with Crippen molar-refractivity contribution in [1.82, 2.24) is 10.2 Å². The molecule has 0 atom stereocenters. The molecule has 8 heteroatoms. The largest absolute Gasteiger partial charge is 0.340 e. The molecule has 1 aliphatic heterocycles. The zero-order chi connectivity index (χ0) is 15.5. The number of hydrogen-bond acceptors (Lipinski definition) is 4. The van der Waals surface area contributed by atoms with E-state index < -0.39 is 10.0 Å². The van der Waals surface area contributed by atoms with E-state index in [1.54, 1.807) is 36.2 Å². The number of nitrogens with zero attached hydrogens (tertiary/aromatic N) is 2. The summed E-state index contributed by atoms with van der Waals surface area (Å²) in [5.74, 6) is 0.0662. The molecular weight excluding hydrogens is 326 g/mol. The number of likely N-dealkylation sites (N-methyl/N-ethyl adjacent to an activating group) is 2. The summed E-state index contributed by atoms with van der Waals surface area (Å²) < 4.78 is 25.3. The molecule has 2 rings (SSSR count). The fourth-order valence-corrected chi connectivity index (χ4v) is 3.88. The van der Waals surface area contributed by atoms with Gasteiger partial charge in [0.15, 0.2) is 0 Å². The van der Waals surface area contributed by atoms with E-state index in [4.69, 9.17) is 0 Å². The van der Waals surface area contributed by atoms with E-state index in [2.05, 4.69) is 5.32 Å². The van der Waals surface area contributed by atoms with Crippen LogP contribution in [0.3, 0.4) is 0 Å². The van der Waals surface area contributed by atoms with E-state index in [0.717, 1.165) is 0 Å². The molecule has 0 bridgehead atoms. The molecule has 124 valence electrons. The molecule has 1 saturated heterocycles. The molecule has 1 aromatic rings. The smallest absolute Gasteiger partial charge is 0.253 e. The second kappa shape index (κ2) is 7.80. The minimum atomic E-state index is -3.22. The van der Waals surface area contributed by atoms with Crippen molar-refractivity contribution < 1.29 is 13.2 Å². The third kappa shape index (κ3) is 4.12. The summed E-state index contributed by atoms with van der Waals surface area (Å²) in [6.07, 6.45) is 0.628. The number of nitrogens with one attached hydrogen (secondary N) is 1. The second-order valence-electron chi connectivity index (χ2n) is 5.12. The van der Waals surface area contributed by atoms with Gasteiger partial charge in [0.2, 0.25) is 10.0 Å². The predicted octanol–water partition coefficient (Wildman–Crippen LogP) is 0.940. The fourth-order valence-electron chi connectivity index (χ4n) is 2.33. The number of rotatable bonds is 5. The van der Waals surface area contributed by atoms with Crippen LogP contribution in [0.15, 0.2) is 24.3 Å². The van der Waals surface area contributed by atoms with Crippen LogP contribution in [0.1, 0.15) is 16.8 Å². The quantitative estimate of drug-likeness (QED) is 0.860. The predicted molar refractivity (Wildman–Crippen MR) is 90.3 cm³/mol. The van der Waals surface area contributed by atoms with E-state index in [-0.39, 0.29) is 24.1 Å². The summed E-state index contributed by atoms with van der Waals surface area (Å²) in [5, 5.41) is 2.99. The SMILES string of the molecule is CNCCN(C)C(=O)c1cccc(N2CCCS2(=O)=O)c1.Cl. The van der Waals surface area contributed by atoms with Crippen molar-refractivity contribution in [2.45, 2.75) is 6.42 Å². The topological polar surface area (TPSA) is 69.7 Å². The number of carbonyl (C=O) groups is 1. The lowest BCUT2D eigenvalue weighted by atomic mass is 10.1. The van der Waals surface area contributed by atoms with Crippen molar-refractivity contribution in [3.05, 3.63) is 29.8 Å². The first kappa shape index (κ1) is 18.7. The van der Waals surface area contributed by atoms with Crippen molar-refractivity contribution in [1.29, 1.82) is 0 Å². The first-order valence-corrected chi connectivity index (χ1v) is 8.57. The van der Waals surface area contributed by atoms with Crippen LogP contribution in [0, 0.1) is 0 Å². The molecule has 0 radical (unpaired) electrons. The molecule has 1 amide bonds. The highest BCUT2D eigenvalue weighted by Gasteiger charge is 2.28. The van der Waals surface area contributed by atoms with Crippen LogP contribution in [-0.2, 0) is 10.0 Å². The van der Waals surface area contributed by atoms with Gasteiger partial charge < -0.3 is 10.2 Å². The Kier molecular flexibility index (Phi) is 6.65. The van der Waals surface area contributed by atoms with Crippen LogP contribution >= 0.6 is 12.4 Å². The van der Waals surface area contributed by atoms with E-state index in [1.807, 2.05) is 7.05 Å². The summed E-state index contributed by atoms with van der Waals surface area (Å²) in [4.78, 5) is 13.9. The first-order chi connectivity index (χ1) is 9.95. The zero-order valence-electron chi connectivity index (χ0n) is 12.8. The van der Waals surface area contributed by atoms with Gasteiger partial charge in [-0.25, -0.2) is 8.42 Å². The summed E-state index contributed by atoms with van der Waals surface area (Å²) in [6.45, 7) is 1.79. The Bertz CT molecular complexity index is 622. The maximum absolute atomic E-state index is 12.3. The summed E-state index contributed by atoms with van der Waals surface area (Å²) >= 11 is 0. The van der Waals surface area contributed by atoms with Crippen LogP contribution < -0.4 is 9.62 Å². The average Bonchev–Trinajstić information content (AvgIpc) is 2.83. The van der Waals surface area contributed by atoms with E-state index >= 15 is 0 Å². The van der Waals surface area contributed by atoms with Crippen LogP contribution in [-0.4, -0.2) is 58.7 Å². The van der Waals surface area contributed by atoms with Gasteiger partial charge in [-0.2, -0.15) is 0 Å². The Hall–Kier alpha value is -1.31. The van der Waals surface area contributed by atoms with Gasteiger partial charge >= 0.3 is 0 Å². The van der Waals surface area contributed by atoms with Gasteiger partial charge in [-0.15, -0.1) is 12.4 Å². The summed E-state index contributed by atoms with van der Waals surface area (Å²) in [5.41, 5.74) is 1.08. The van der Waals surface area contributed by atoms with Crippen LogP contribution in [0.2, 0.25) is 0 Å². The maximum Gasteiger partial charge on any atom is 0.253 e. The van der Waals surface area contributed by atoms with Crippen LogP contribution in [0.5, 0.6) is 0 Å². The lowest BCUT2D eigenvalue weighted by molar-refractivity contribution is 0.0797. The second-order valence-corrected chi connectivity index (χ2v) is 7.14. The third-order valence-electron chi connectivity index (χ3n) is 3.52. The highest BCUT2D eigenvalue weighted by Crippen LogP contribution is 2.25. The molecule has 0 unspecified atom stereocenters. The van der Waals surface area contributed by atoms with E-state index in [1.165, 1.54) is 4.31 Å². The van der Waals surface area contributed by atoms with Gasteiger partial charge in [0.25, 0.3) is 5.91 Å². The Balaban J connectivity index is 0.00000242. The van der Waals surface area contributed by atoms with E-state index in [0.29, 0.717) is 37.3 Å². The van der Waals surface area contributed by atoms with Gasteiger partial charge in [-0.1, -0.05) is 6.07 Å². The fraction of sp³-hybridized carbons (Fsp3) is 0.500. The van der Waals surface area contributed by atoms with Crippen molar-refractivity contribution in [2.75, 3.05) is 43.8 Å². The first-order valence-electron chi connectivity index (χ1n) is 6.96. The van der Waals surface area contributed by atoms with Crippen LogP contribution in [0.4, 0.5) is 5.69 Å². The van der Waals surface area contributed by atoms with Crippen molar-refractivity contribution in [3.63, 3.8) is 0 Å². The highest BCUT2D eigenvalue weighted by molar-refractivity contribution is 7.93. The van der Waals surface area contributed by atoms with Crippen molar-refractivity contribution in [2.24, 2.45) is 0 Å². The van der Waals surface area contributed by atoms with Crippen LogP contribution in [0.25, 0.3) is 0 Å². The van der Waals surface area contributed by atoms with Crippen molar-refractivity contribution in [3.8, 4) is 0 Å². The highest BCUT2D eigenvalue weighted by atomic mass is 35.5. The minimum Gasteiger partial charge on any atom is -0.340 e. The Labute approximate surface area is 137 Å². The average molecular weight is 348 g/mol. The molecular formula is C14H22ClN3O3S. The molecule has 0 spiro atoms. The third-order valence-corrected chi connectivity index (χ3v) is 5.39. The Morgan fingerprint density at radius 1 is 1.41 bits per heavy atom. The monoisotopic (exact) mass is 347 g/mol. The molecule has 1 heterocycles. The standard InChI is InChI=1S/C14H21N3O3S.ClH/c1-15-7-9-16(2)14(18)12-5-3-6-13(11-12)17-8-4-10-21(17,19)20;/h3,5-6,11,15H,4,7-10H2,1-2H3;1H. The number of anilines is 1. The number of amides is 1. The number of carbonyl (C=O) groups excluding carboxylic acids is 1. The lowest BCUT2D eigenvalue weighted by Gasteiger charge is -2.20. The number of sulfonamides is 1. The van der Waals surface area contributed by atoms with Crippen molar-refractivity contribution >= 4 is 34.0 Å². The molecule has 1 N–H and O–H groups in total. The molecule has 0 saturated carbocycles. The van der Waals surface area contributed by atoms with Gasteiger partial charge in [-0.3, -0.25) is 9.10 Å². The zero-order valence-corrected chi connectivity index (χ0v) is 14.4. The molecule has 0 aliphatic carbocycles. The summed E-state index contributed by atoms with van der Waals surface area (Å²) in [6, 6.07) is 6.82. The normalized spacial score (nSPS) is 16.2. The maximum atomic E-state index is 12.3. The Morgan fingerprint density at radius 2 is 2.14 bits per heavy atom. The minimum absolute atomic E-state index is 0. The summed E-state index contributed by atoms with van der Waals surface area (Å²) in [7, 11) is 0.347. The van der Waals surface area contributed by atoms with Gasteiger partial charge in [-0.05, 0) is 31.7 Å². The lowest BCUT2D eigenvalue weighted by Crippen LogP contribution is -2.33. The molecule has 1 fully saturated rings. The molecule has 6 nitrogen and oxygen atoms in total. The van der Waals surface area contributed by atoms with Gasteiger partial charge in [0, 0.05) is 32.2 Å². The van der Waals surface area contributed by atoms with Gasteiger partial charge in [0.1, 0.15) is 0 Å². The molecule has 1 aromatic carbocycles. The molecule has 1 aliphatic rings. The number of halogens is 1. The molecule has 0 aromatic heterocycles. The molecule has 22 heavy (non-hydrogen) atoms. The number of benzene rings is 1.